The summed E-state index contributed by atoms with van der Waals surface area (Å²) >= 11 is 0. The molecule has 2 nitrogen and oxygen atoms in total. The number of hydrogen-bond acceptors (Lipinski definition) is 2. The average Bonchev–Trinajstić information content (AvgIpc) is 1.88. The molecule has 0 aromatic carbocycles. The van der Waals surface area contributed by atoms with Crippen molar-refractivity contribution in [3.63, 3.8) is 0 Å². The van der Waals surface area contributed by atoms with E-state index in [-0.39, 0.29) is 0 Å². The Bertz CT molecular complexity index is 242. The number of rotatable bonds is 3. The SMILES string of the molecule is CC(C)(CC1CN(C(C)(C)C)C1)C1CNC1. The molecular weight excluding hydrogens is 196 g/mol. The van der Waals surface area contributed by atoms with Gasteiger partial charge in [-0.15, -0.1) is 0 Å². The maximum absolute atomic E-state index is 3.40. The summed E-state index contributed by atoms with van der Waals surface area (Å²) in [5, 5.41) is 3.40. The molecule has 94 valence electrons. The van der Waals surface area contributed by atoms with Crippen molar-refractivity contribution in [3.8, 4) is 0 Å². The third kappa shape index (κ3) is 2.43. The van der Waals surface area contributed by atoms with Crippen LogP contribution in [0.15, 0.2) is 0 Å². The Hall–Kier alpha value is -0.0800. The van der Waals surface area contributed by atoms with Crippen molar-refractivity contribution >= 4 is 0 Å². The maximum atomic E-state index is 3.40. The highest BCUT2D eigenvalue weighted by Crippen LogP contribution is 2.40. The largest absolute Gasteiger partial charge is 0.316 e. The summed E-state index contributed by atoms with van der Waals surface area (Å²) in [5.74, 6) is 1.85. The van der Waals surface area contributed by atoms with Crippen molar-refractivity contribution < 1.29 is 0 Å². The number of nitrogens with zero attached hydrogens (tertiary/aromatic N) is 1. The van der Waals surface area contributed by atoms with E-state index in [0.29, 0.717) is 11.0 Å². The zero-order chi connectivity index (χ0) is 12.0. The predicted octanol–water partition coefficient (Wildman–Crippen LogP) is 2.35. The lowest BCUT2D eigenvalue weighted by atomic mass is 9.68. The fourth-order valence-corrected chi connectivity index (χ4v) is 3.00. The molecule has 0 aromatic heterocycles. The molecule has 0 bridgehead atoms. The lowest BCUT2D eigenvalue weighted by molar-refractivity contribution is -0.0188. The summed E-state index contributed by atoms with van der Waals surface area (Å²) in [4.78, 5) is 2.60. The Morgan fingerprint density at radius 3 is 2.00 bits per heavy atom. The van der Waals surface area contributed by atoms with Crippen molar-refractivity contribution in [2.45, 2.75) is 46.6 Å². The van der Waals surface area contributed by atoms with Gasteiger partial charge in [0, 0.05) is 18.6 Å². The molecule has 2 saturated heterocycles. The van der Waals surface area contributed by atoms with Crippen LogP contribution in [0.5, 0.6) is 0 Å². The van der Waals surface area contributed by atoms with Crippen LogP contribution in [-0.4, -0.2) is 36.6 Å². The lowest BCUT2D eigenvalue weighted by Gasteiger charge is -2.51. The highest BCUT2D eigenvalue weighted by molar-refractivity contribution is 4.95. The minimum absolute atomic E-state index is 0.374. The fraction of sp³-hybridized carbons (Fsp3) is 1.00. The highest BCUT2D eigenvalue weighted by Gasteiger charge is 2.41. The summed E-state index contributed by atoms with van der Waals surface area (Å²) in [7, 11) is 0. The number of likely N-dealkylation sites (tertiary alicyclic amines) is 1. The first kappa shape index (κ1) is 12.4. The van der Waals surface area contributed by atoms with E-state index < -0.39 is 0 Å². The van der Waals surface area contributed by atoms with Crippen LogP contribution >= 0.6 is 0 Å². The Morgan fingerprint density at radius 2 is 1.62 bits per heavy atom. The van der Waals surface area contributed by atoms with Crippen molar-refractivity contribution in [1.29, 1.82) is 0 Å². The second kappa shape index (κ2) is 3.99. The molecule has 2 fully saturated rings. The molecule has 2 aliphatic heterocycles. The molecule has 2 heteroatoms. The topological polar surface area (TPSA) is 15.3 Å². The van der Waals surface area contributed by atoms with Crippen molar-refractivity contribution in [2.75, 3.05) is 26.2 Å². The standard InChI is InChI=1S/C14H28N2/c1-13(2,3)16-9-11(10-16)6-14(4,5)12-7-15-8-12/h11-12,15H,6-10H2,1-5H3. The van der Waals surface area contributed by atoms with Gasteiger partial charge < -0.3 is 5.32 Å². The van der Waals surface area contributed by atoms with E-state index in [0.717, 1.165) is 11.8 Å². The summed E-state index contributed by atoms with van der Waals surface area (Å²) in [6.07, 6.45) is 1.41. The van der Waals surface area contributed by atoms with E-state index in [9.17, 15) is 0 Å². The normalized spacial score (nSPS) is 25.3. The minimum Gasteiger partial charge on any atom is -0.316 e. The van der Waals surface area contributed by atoms with Crippen molar-refractivity contribution in [2.24, 2.45) is 17.3 Å². The first-order valence-electron chi connectivity index (χ1n) is 6.75. The van der Waals surface area contributed by atoms with Gasteiger partial charge in [-0.05, 0) is 57.5 Å². The number of hydrogen-bond donors (Lipinski definition) is 1. The zero-order valence-electron chi connectivity index (χ0n) is 11.6. The highest BCUT2D eigenvalue weighted by atomic mass is 15.2. The minimum atomic E-state index is 0.374. The Morgan fingerprint density at radius 1 is 1.06 bits per heavy atom. The van der Waals surface area contributed by atoms with Gasteiger partial charge in [0.2, 0.25) is 0 Å². The van der Waals surface area contributed by atoms with Crippen LogP contribution in [0, 0.1) is 17.3 Å². The van der Waals surface area contributed by atoms with Crippen molar-refractivity contribution in [1.82, 2.24) is 10.2 Å². The lowest BCUT2D eigenvalue weighted by Crippen LogP contribution is -2.58. The quantitative estimate of drug-likeness (QED) is 0.791. The molecule has 0 saturated carbocycles. The third-order valence-electron chi connectivity index (χ3n) is 4.61. The first-order valence-corrected chi connectivity index (χ1v) is 6.75. The molecular formula is C14H28N2. The van der Waals surface area contributed by atoms with E-state index in [1.807, 2.05) is 0 Å². The van der Waals surface area contributed by atoms with Gasteiger partial charge in [0.25, 0.3) is 0 Å². The van der Waals surface area contributed by atoms with Gasteiger partial charge >= 0.3 is 0 Å². The van der Waals surface area contributed by atoms with Gasteiger partial charge in [0.15, 0.2) is 0 Å². The molecule has 0 radical (unpaired) electrons. The molecule has 2 heterocycles. The van der Waals surface area contributed by atoms with Gasteiger partial charge in [0.1, 0.15) is 0 Å². The fourth-order valence-electron chi connectivity index (χ4n) is 3.00. The van der Waals surface area contributed by atoms with E-state index >= 15 is 0 Å². The predicted molar refractivity (Wildman–Crippen MR) is 69.6 cm³/mol. The molecule has 0 atom stereocenters. The molecule has 2 rings (SSSR count). The average molecular weight is 224 g/mol. The summed E-state index contributed by atoms with van der Waals surface area (Å²) in [6, 6.07) is 0. The third-order valence-corrected chi connectivity index (χ3v) is 4.61. The second-order valence-electron chi connectivity index (χ2n) is 7.49. The van der Waals surface area contributed by atoms with Gasteiger partial charge in [-0.25, -0.2) is 0 Å². The van der Waals surface area contributed by atoms with Crippen LogP contribution in [0.2, 0.25) is 0 Å². The molecule has 0 spiro atoms. The first-order chi connectivity index (χ1) is 7.29. The summed E-state index contributed by atoms with van der Waals surface area (Å²) in [5.41, 5.74) is 0.915. The second-order valence-corrected chi connectivity index (χ2v) is 7.49. The maximum Gasteiger partial charge on any atom is 0.0125 e. The molecule has 2 aliphatic rings. The summed E-state index contributed by atoms with van der Waals surface area (Å²) < 4.78 is 0. The molecule has 16 heavy (non-hydrogen) atoms. The Kier molecular flexibility index (Phi) is 3.09. The van der Waals surface area contributed by atoms with Gasteiger partial charge in [-0.3, -0.25) is 4.90 Å². The molecule has 0 aliphatic carbocycles. The van der Waals surface area contributed by atoms with Crippen LogP contribution in [0.4, 0.5) is 0 Å². The molecule has 1 N–H and O–H groups in total. The van der Waals surface area contributed by atoms with Crippen LogP contribution in [0.25, 0.3) is 0 Å². The number of nitrogens with one attached hydrogen (secondary N) is 1. The molecule has 0 unspecified atom stereocenters. The van der Waals surface area contributed by atoms with Crippen molar-refractivity contribution in [3.05, 3.63) is 0 Å². The molecule has 0 amide bonds. The van der Waals surface area contributed by atoms with Gasteiger partial charge in [0.05, 0.1) is 0 Å². The van der Waals surface area contributed by atoms with E-state index in [4.69, 9.17) is 0 Å². The van der Waals surface area contributed by atoms with Crippen LogP contribution in [-0.2, 0) is 0 Å². The Labute approximate surface area is 101 Å². The summed E-state index contributed by atoms with van der Waals surface area (Å²) in [6.45, 7) is 17.0. The monoisotopic (exact) mass is 224 g/mol. The zero-order valence-corrected chi connectivity index (χ0v) is 11.6. The Balaban J connectivity index is 1.76. The smallest absolute Gasteiger partial charge is 0.0125 e. The van der Waals surface area contributed by atoms with E-state index in [1.54, 1.807) is 0 Å². The van der Waals surface area contributed by atoms with Crippen LogP contribution in [0.3, 0.4) is 0 Å². The van der Waals surface area contributed by atoms with E-state index in [2.05, 4.69) is 44.8 Å². The van der Waals surface area contributed by atoms with Crippen LogP contribution in [0.1, 0.15) is 41.0 Å². The van der Waals surface area contributed by atoms with Crippen LogP contribution < -0.4 is 5.32 Å². The molecule has 0 aromatic rings. The van der Waals surface area contributed by atoms with Gasteiger partial charge in [-0.2, -0.15) is 0 Å². The van der Waals surface area contributed by atoms with Gasteiger partial charge in [-0.1, -0.05) is 13.8 Å². The van der Waals surface area contributed by atoms with E-state index in [1.165, 1.54) is 32.6 Å².